The van der Waals surface area contributed by atoms with Crippen LogP contribution in [0.2, 0.25) is 0 Å². The second-order valence-electron chi connectivity index (χ2n) is 6.57. The van der Waals surface area contributed by atoms with Gasteiger partial charge in [-0.05, 0) is 38.0 Å². The van der Waals surface area contributed by atoms with Crippen LogP contribution in [0.15, 0.2) is 4.99 Å². The Balaban J connectivity index is 0.00000484. The van der Waals surface area contributed by atoms with Crippen molar-refractivity contribution in [2.75, 3.05) is 32.7 Å². The third-order valence-electron chi connectivity index (χ3n) is 3.90. The van der Waals surface area contributed by atoms with E-state index in [1.165, 1.54) is 12.8 Å². The quantitative estimate of drug-likeness (QED) is 0.348. The van der Waals surface area contributed by atoms with Gasteiger partial charge in [0.1, 0.15) is 0 Å². The number of hydrogen-bond donors (Lipinski definition) is 2. The number of carbonyl (C=O) groups excluding carboxylic acids is 1. The first kappa shape index (κ1) is 22.5. The second-order valence-corrected chi connectivity index (χ2v) is 6.57. The molecule has 23 heavy (non-hydrogen) atoms. The molecule has 0 saturated carbocycles. The van der Waals surface area contributed by atoms with E-state index in [4.69, 9.17) is 0 Å². The molecule has 1 fully saturated rings. The minimum absolute atomic E-state index is 0. The Morgan fingerprint density at radius 1 is 1.30 bits per heavy atom. The molecule has 0 aromatic rings. The predicted molar refractivity (Wildman–Crippen MR) is 108 cm³/mol. The summed E-state index contributed by atoms with van der Waals surface area (Å²) in [5.74, 6) is 2.60. The lowest BCUT2D eigenvalue weighted by atomic mass is 9.97. The van der Waals surface area contributed by atoms with Crippen molar-refractivity contribution in [3.8, 4) is 0 Å². The Hall–Kier alpha value is -0.530. The van der Waals surface area contributed by atoms with Crippen LogP contribution in [-0.4, -0.2) is 49.5 Å². The summed E-state index contributed by atoms with van der Waals surface area (Å²) >= 11 is 0. The fourth-order valence-electron chi connectivity index (χ4n) is 2.93. The first-order chi connectivity index (χ1) is 10.6. The molecule has 1 aliphatic heterocycles. The first-order valence-corrected chi connectivity index (χ1v) is 8.86. The molecule has 1 rings (SSSR count). The van der Waals surface area contributed by atoms with Gasteiger partial charge in [0.25, 0.3) is 0 Å². The number of nitrogens with zero attached hydrogens (tertiary/aromatic N) is 2. The van der Waals surface area contributed by atoms with Crippen molar-refractivity contribution >= 4 is 35.8 Å². The summed E-state index contributed by atoms with van der Waals surface area (Å²) in [6, 6.07) is 0. The zero-order valence-corrected chi connectivity index (χ0v) is 17.6. The lowest BCUT2D eigenvalue weighted by Gasteiger charge is -2.22. The summed E-state index contributed by atoms with van der Waals surface area (Å²) < 4.78 is 0. The molecule has 0 aromatic carbocycles. The number of rotatable bonds is 8. The number of aliphatic imine (C=N–C) groups is 1. The first-order valence-electron chi connectivity index (χ1n) is 8.86. The highest BCUT2D eigenvalue weighted by Crippen LogP contribution is 2.23. The van der Waals surface area contributed by atoms with Crippen LogP contribution in [0.1, 0.15) is 53.4 Å². The van der Waals surface area contributed by atoms with Crippen LogP contribution in [0.25, 0.3) is 0 Å². The highest BCUT2D eigenvalue weighted by molar-refractivity contribution is 14.0. The van der Waals surface area contributed by atoms with Crippen molar-refractivity contribution < 1.29 is 4.79 Å². The Morgan fingerprint density at radius 3 is 2.65 bits per heavy atom. The molecule has 1 amide bonds. The van der Waals surface area contributed by atoms with Gasteiger partial charge < -0.3 is 15.5 Å². The average Bonchev–Trinajstić information content (AvgIpc) is 2.91. The van der Waals surface area contributed by atoms with Crippen LogP contribution >= 0.6 is 24.0 Å². The topological polar surface area (TPSA) is 56.7 Å². The number of guanidine groups is 1. The van der Waals surface area contributed by atoms with Crippen molar-refractivity contribution in [1.82, 2.24) is 15.5 Å². The van der Waals surface area contributed by atoms with Gasteiger partial charge in [-0.25, -0.2) is 0 Å². The molecule has 1 atom stereocenters. The van der Waals surface area contributed by atoms with Crippen LogP contribution in [0.3, 0.4) is 0 Å². The SMILES string of the molecule is CCCNC(=O)CCN=C(NCC)N1CCC(CC(C)C)C1.I. The second kappa shape index (κ2) is 12.8. The van der Waals surface area contributed by atoms with Gasteiger partial charge in [-0.3, -0.25) is 9.79 Å². The minimum atomic E-state index is 0. The van der Waals surface area contributed by atoms with Gasteiger partial charge in [0.15, 0.2) is 5.96 Å². The zero-order valence-electron chi connectivity index (χ0n) is 15.2. The Morgan fingerprint density at radius 2 is 2.04 bits per heavy atom. The number of carbonyl (C=O) groups is 1. The molecule has 0 bridgehead atoms. The van der Waals surface area contributed by atoms with Crippen molar-refractivity contribution in [2.24, 2.45) is 16.8 Å². The molecule has 0 radical (unpaired) electrons. The van der Waals surface area contributed by atoms with E-state index >= 15 is 0 Å². The van der Waals surface area contributed by atoms with Crippen LogP contribution in [-0.2, 0) is 4.79 Å². The van der Waals surface area contributed by atoms with Gasteiger partial charge in [0.2, 0.25) is 5.91 Å². The third-order valence-corrected chi connectivity index (χ3v) is 3.90. The number of likely N-dealkylation sites (tertiary alicyclic amines) is 1. The van der Waals surface area contributed by atoms with Crippen LogP contribution in [0, 0.1) is 11.8 Å². The Labute approximate surface area is 159 Å². The van der Waals surface area contributed by atoms with Crippen molar-refractivity contribution in [3.05, 3.63) is 0 Å². The fourth-order valence-corrected chi connectivity index (χ4v) is 2.93. The molecule has 1 heterocycles. The maximum Gasteiger partial charge on any atom is 0.221 e. The molecular weight excluding hydrogens is 403 g/mol. The van der Waals surface area contributed by atoms with Gasteiger partial charge in [0.05, 0.1) is 6.54 Å². The molecule has 1 aliphatic rings. The molecule has 6 heteroatoms. The largest absolute Gasteiger partial charge is 0.357 e. The molecule has 1 saturated heterocycles. The molecular formula is C17H35IN4O. The molecule has 136 valence electrons. The third kappa shape index (κ3) is 9.37. The smallest absolute Gasteiger partial charge is 0.221 e. The summed E-state index contributed by atoms with van der Waals surface area (Å²) in [6.45, 7) is 13.1. The number of amides is 1. The van der Waals surface area contributed by atoms with E-state index in [2.05, 4.69) is 48.2 Å². The van der Waals surface area contributed by atoms with E-state index in [9.17, 15) is 4.79 Å². The summed E-state index contributed by atoms with van der Waals surface area (Å²) in [5.41, 5.74) is 0. The number of nitrogens with one attached hydrogen (secondary N) is 2. The van der Waals surface area contributed by atoms with Gasteiger partial charge in [-0.2, -0.15) is 0 Å². The lowest BCUT2D eigenvalue weighted by Crippen LogP contribution is -2.40. The van der Waals surface area contributed by atoms with E-state index in [0.717, 1.165) is 50.4 Å². The fraction of sp³-hybridized carbons (Fsp3) is 0.882. The number of hydrogen-bond acceptors (Lipinski definition) is 2. The van der Waals surface area contributed by atoms with Crippen LogP contribution < -0.4 is 10.6 Å². The molecule has 5 nitrogen and oxygen atoms in total. The maximum atomic E-state index is 11.6. The summed E-state index contributed by atoms with van der Waals surface area (Å²) in [4.78, 5) is 18.6. The Kier molecular flexibility index (Phi) is 12.5. The molecule has 0 aromatic heterocycles. The van der Waals surface area contributed by atoms with Gasteiger partial charge in [0, 0.05) is 32.6 Å². The highest BCUT2D eigenvalue weighted by Gasteiger charge is 2.25. The van der Waals surface area contributed by atoms with E-state index in [1.54, 1.807) is 0 Å². The van der Waals surface area contributed by atoms with Crippen molar-refractivity contribution in [1.29, 1.82) is 0 Å². The molecule has 0 aliphatic carbocycles. The summed E-state index contributed by atoms with van der Waals surface area (Å²) in [6.07, 6.45) is 3.98. The molecule has 2 N–H and O–H groups in total. The molecule has 1 unspecified atom stereocenters. The molecule has 0 spiro atoms. The van der Waals surface area contributed by atoms with E-state index in [1.807, 2.05) is 0 Å². The summed E-state index contributed by atoms with van der Waals surface area (Å²) in [7, 11) is 0. The lowest BCUT2D eigenvalue weighted by molar-refractivity contribution is -0.120. The van der Waals surface area contributed by atoms with Crippen molar-refractivity contribution in [2.45, 2.75) is 53.4 Å². The monoisotopic (exact) mass is 438 g/mol. The van der Waals surface area contributed by atoms with E-state index in [-0.39, 0.29) is 29.9 Å². The maximum absolute atomic E-state index is 11.6. The Bertz CT molecular complexity index is 361. The highest BCUT2D eigenvalue weighted by atomic mass is 127. The predicted octanol–water partition coefficient (Wildman–Crippen LogP) is 2.85. The minimum Gasteiger partial charge on any atom is -0.357 e. The number of halogens is 1. The average molecular weight is 438 g/mol. The van der Waals surface area contributed by atoms with Crippen LogP contribution in [0.5, 0.6) is 0 Å². The van der Waals surface area contributed by atoms with Gasteiger partial charge >= 0.3 is 0 Å². The zero-order chi connectivity index (χ0) is 16.4. The van der Waals surface area contributed by atoms with Gasteiger partial charge in [-0.15, -0.1) is 24.0 Å². The summed E-state index contributed by atoms with van der Waals surface area (Å²) in [5, 5.41) is 6.25. The van der Waals surface area contributed by atoms with E-state index in [0.29, 0.717) is 13.0 Å². The normalized spacial score (nSPS) is 18.0. The van der Waals surface area contributed by atoms with Crippen molar-refractivity contribution in [3.63, 3.8) is 0 Å². The van der Waals surface area contributed by atoms with E-state index < -0.39 is 0 Å². The van der Waals surface area contributed by atoms with Gasteiger partial charge in [-0.1, -0.05) is 20.8 Å². The standard InChI is InChI=1S/C17H34N4O.HI/c1-5-9-19-16(22)7-10-20-17(18-6-2)21-11-8-15(13-21)12-14(3)4;/h14-15H,5-13H2,1-4H3,(H,18,20)(H,19,22);1H. The van der Waals surface area contributed by atoms with Crippen LogP contribution in [0.4, 0.5) is 0 Å².